The van der Waals surface area contributed by atoms with E-state index in [-0.39, 0.29) is 17.3 Å². The molecule has 2 aromatic carbocycles. The van der Waals surface area contributed by atoms with Gasteiger partial charge in [0.05, 0.1) is 0 Å². The summed E-state index contributed by atoms with van der Waals surface area (Å²) in [5, 5.41) is 0. The molecule has 0 saturated carbocycles. The van der Waals surface area contributed by atoms with E-state index in [9.17, 15) is 14.3 Å². The molecule has 0 heterocycles. The zero-order valence-corrected chi connectivity index (χ0v) is 14.0. The van der Waals surface area contributed by atoms with Gasteiger partial charge in [-0.05, 0) is 37.3 Å². The molecule has 0 aliphatic heterocycles. The summed E-state index contributed by atoms with van der Waals surface area (Å²) in [6, 6.07) is 14.7. The van der Waals surface area contributed by atoms with Crippen molar-refractivity contribution < 1.29 is 23.3 Å². The lowest BCUT2D eigenvalue weighted by Crippen LogP contribution is -2.01. The summed E-state index contributed by atoms with van der Waals surface area (Å²) in [5.74, 6) is -0.0232. The van der Waals surface area contributed by atoms with Crippen LogP contribution in [0, 0.1) is 0 Å². The molecule has 0 amide bonds. The summed E-state index contributed by atoms with van der Waals surface area (Å²) in [5.41, 5.74) is 1.01. The van der Waals surface area contributed by atoms with Gasteiger partial charge in [-0.15, -0.1) is 0 Å². The second-order valence-corrected chi connectivity index (χ2v) is 6.14. The van der Waals surface area contributed by atoms with Crippen LogP contribution in [0.25, 0.3) is 0 Å². The van der Waals surface area contributed by atoms with E-state index >= 15 is 0 Å². The zero-order valence-electron chi connectivity index (χ0n) is 13.1. The largest absolute Gasteiger partial charge is 0.584 e. The standard InChI is InChI=1S/C18H17O5P/c1-3-7-14(2)22-24(20,21)23-17-12-10-16(11-13-17)18(19)15-8-5-4-6-9-15/h3-13H,2H2,1H3,(H,20,21). The summed E-state index contributed by atoms with van der Waals surface area (Å²) >= 11 is 0. The third kappa shape index (κ3) is 4.95. The number of hydrogen-bond acceptors (Lipinski definition) is 4. The van der Waals surface area contributed by atoms with Gasteiger partial charge < -0.3 is 9.05 Å². The zero-order chi connectivity index (χ0) is 17.6. The van der Waals surface area contributed by atoms with Crippen molar-refractivity contribution in [2.24, 2.45) is 0 Å². The second-order valence-electron chi connectivity index (χ2n) is 4.84. The van der Waals surface area contributed by atoms with Crippen molar-refractivity contribution in [3.63, 3.8) is 0 Å². The minimum atomic E-state index is -4.33. The number of allylic oxidation sites excluding steroid dienone is 2. The predicted molar refractivity (Wildman–Crippen MR) is 91.8 cm³/mol. The Morgan fingerprint density at radius 2 is 1.67 bits per heavy atom. The Bertz CT molecular complexity index is 794. The van der Waals surface area contributed by atoms with Gasteiger partial charge >= 0.3 is 7.82 Å². The lowest BCUT2D eigenvalue weighted by Gasteiger charge is -2.13. The molecule has 0 saturated heterocycles. The molecule has 0 aromatic heterocycles. The van der Waals surface area contributed by atoms with E-state index in [1.165, 1.54) is 30.3 Å². The average molecular weight is 344 g/mol. The van der Waals surface area contributed by atoms with Crippen LogP contribution in [-0.4, -0.2) is 10.7 Å². The van der Waals surface area contributed by atoms with Crippen LogP contribution in [0.2, 0.25) is 0 Å². The molecule has 5 nitrogen and oxygen atoms in total. The number of rotatable bonds is 7. The van der Waals surface area contributed by atoms with Crippen LogP contribution in [0.4, 0.5) is 0 Å². The highest BCUT2D eigenvalue weighted by Crippen LogP contribution is 2.45. The van der Waals surface area contributed by atoms with Crippen molar-refractivity contribution >= 4 is 13.6 Å². The molecule has 1 atom stereocenters. The van der Waals surface area contributed by atoms with Gasteiger partial charge in [0.15, 0.2) is 5.78 Å². The molecule has 6 heteroatoms. The summed E-state index contributed by atoms with van der Waals surface area (Å²) < 4.78 is 21.6. The van der Waals surface area contributed by atoms with Crippen molar-refractivity contribution in [2.45, 2.75) is 6.92 Å². The predicted octanol–water partition coefficient (Wildman–Crippen LogP) is 4.50. The van der Waals surface area contributed by atoms with Gasteiger partial charge in [0.2, 0.25) is 0 Å². The first-order valence-corrected chi connectivity index (χ1v) is 8.64. The van der Waals surface area contributed by atoms with Crippen LogP contribution in [0.5, 0.6) is 5.75 Å². The topological polar surface area (TPSA) is 72.8 Å². The second kappa shape index (κ2) is 7.77. The molecule has 1 unspecified atom stereocenters. The Hall–Kier alpha value is -2.62. The number of phosphoric acid groups is 1. The maximum atomic E-state index is 12.3. The van der Waals surface area contributed by atoms with Gasteiger partial charge in [0, 0.05) is 11.1 Å². The number of ketones is 1. The molecule has 124 valence electrons. The Morgan fingerprint density at radius 3 is 2.25 bits per heavy atom. The molecule has 24 heavy (non-hydrogen) atoms. The van der Waals surface area contributed by atoms with Crippen molar-refractivity contribution in [1.29, 1.82) is 0 Å². The molecule has 1 N–H and O–H groups in total. The quantitative estimate of drug-likeness (QED) is 0.346. The van der Waals surface area contributed by atoms with Gasteiger partial charge in [0.25, 0.3) is 0 Å². The normalized spacial score (nSPS) is 13.2. The third-order valence-electron chi connectivity index (χ3n) is 2.96. The highest BCUT2D eigenvalue weighted by atomic mass is 31.2. The number of carbonyl (C=O) groups excluding carboxylic acids is 1. The van der Waals surface area contributed by atoms with Crippen LogP contribution < -0.4 is 4.52 Å². The highest BCUT2D eigenvalue weighted by Gasteiger charge is 2.25. The Labute approximate surface area is 140 Å². The van der Waals surface area contributed by atoms with Crippen molar-refractivity contribution in [2.75, 3.05) is 0 Å². The fraction of sp³-hybridized carbons (Fsp3) is 0.0556. The van der Waals surface area contributed by atoms with Crippen molar-refractivity contribution in [1.82, 2.24) is 0 Å². The SMILES string of the molecule is C=C(C=CC)OP(=O)(O)Oc1ccc(C(=O)c2ccccc2)cc1. The van der Waals surface area contributed by atoms with E-state index in [1.807, 2.05) is 6.07 Å². The minimum absolute atomic E-state index is 0.0132. The van der Waals surface area contributed by atoms with Gasteiger partial charge in [-0.3, -0.25) is 9.69 Å². The van der Waals surface area contributed by atoms with Crippen LogP contribution in [0.15, 0.2) is 79.1 Å². The van der Waals surface area contributed by atoms with E-state index in [4.69, 9.17) is 9.05 Å². The molecule has 0 fully saturated rings. The van der Waals surface area contributed by atoms with Gasteiger partial charge in [-0.1, -0.05) is 43.0 Å². The molecule has 0 aliphatic carbocycles. The summed E-state index contributed by atoms with van der Waals surface area (Å²) in [6.45, 7) is 5.20. The summed E-state index contributed by atoms with van der Waals surface area (Å²) in [7, 11) is -4.33. The lowest BCUT2D eigenvalue weighted by atomic mass is 10.0. The van der Waals surface area contributed by atoms with Gasteiger partial charge in [-0.2, -0.15) is 0 Å². The molecule has 0 aliphatic rings. The summed E-state index contributed by atoms with van der Waals surface area (Å²) in [4.78, 5) is 21.9. The fourth-order valence-electron chi connectivity index (χ4n) is 1.94. The number of carbonyl (C=O) groups is 1. The van der Waals surface area contributed by atoms with Crippen LogP contribution in [0.3, 0.4) is 0 Å². The monoisotopic (exact) mass is 344 g/mol. The number of phosphoric ester groups is 1. The average Bonchev–Trinajstić information content (AvgIpc) is 2.55. The van der Waals surface area contributed by atoms with Gasteiger partial charge in [-0.25, -0.2) is 4.57 Å². The van der Waals surface area contributed by atoms with Crippen LogP contribution in [-0.2, 0) is 9.09 Å². The Balaban J connectivity index is 2.08. The van der Waals surface area contributed by atoms with E-state index in [2.05, 4.69) is 6.58 Å². The molecule has 2 rings (SSSR count). The lowest BCUT2D eigenvalue weighted by molar-refractivity contribution is 0.103. The first-order chi connectivity index (χ1) is 11.4. The van der Waals surface area contributed by atoms with E-state index in [0.29, 0.717) is 11.1 Å². The molecule has 0 bridgehead atoms. The first-order valence-electron chi connectivity index (χ1n) is 7.15. The maximum absolute atomic E-state index is 12.3. The number of hydrogen-bond donors (Lipinski definition) is 1. The smallest absolute Gasteiger partial charge is 0.396 e. The summed E-state index contributed by atoms with van der Waals surface area (Å²) in [6.07, 6.45) is 3.06. The van der Waals surface area contributed by atoms with Crippen molar-refractivity contribution in [3.05, 3.63) is 90.2 Å². The Kier molecular flexibility index (Phi) is 5.74. The maximum Gasteiger partial charge on any atom is 0.584 e. The highest BCUT2D eigenvalue weighted by molar-refractivity contribution is 7.48. The van der Waals surface area contributed by atoms with Crippen molar-refractivity contribution in [3.8, 4) is 5.75 Å². The molecule has 2 aromatic rings. The molecular weight excluding hydrogens is 327 g/mol. The van der Waals surface area contributed by atoms with E-state index in [1.54, 1.807) is 37.3 Å². The molecule has 0 radical (unpaired) electrons. The molecule has 0 spiro atoms. The van der Waals surface area contributed by atoms with E-state index in [0.717, 1.165) is 0 Å². The van der Waals surface area contributed by atoms with Crippen LogP contribution >= 0.6 is 7.82 Å². The Morgan fingerprint density at radius 1 is 1.08 bits per heavy atom. The number of benzene rings is 2. The van der Waals surface area contributed by atoms with E-state index < -0.39 is 7.82 Å². The fourth-order valence-corrected chi connectivity index (χ4v) is 2.72. The minimum Gasteiger partial charge on any atom is -0.396 e. The third-order valence-corrected chi connectivity index (χ3v) is 3.87. The van der Waals surface area contributed by atoms with Gasteiger partial charge in [0.1, 0.15) is 11.5 Å². The molecular formula is C18H17O5P. The first kappa shape index (κ1) is 17.7. The van der Waals surface area contributed by atoms with Crippen LogP contribution in [0.1, 0.15) is 22.8 Å².